The lowest BCUT2D eigenvalue weighted by Gasteiger charge is -2.17. The maximum Gasteiger partial charge on any atom is 0.222 e. The third-order valence-corrected chi connectivity index (χ3v) is 6.65. The van der Waals surface area contributed by atoms with E-state index in [4.69, 9.17) is 11.5 Å². The molecule has 38 heavy (non-hydrogen) atoms. The Balaban J connectivity index is 0.000000212. The molecular weight excluding hydrogens is 514 g/mol. The molecule has 4 aromatic rings. The van der Waals surface area contributed by atoms with Gasteiger partial charge in [-0.2, -0.15) is 9.97 Å². The van der Waals surface area contributed by atoms with E-state index in [2.05, 4.69) is 37.5 Å². The molecule has 3 aromatic heterocycles. The first-order valence-corrected chi connectivity index (χ1v) is 13.3. The van der Waals surface area contributed by atoms with Crippen LogP contribution in [0, 0.1) is 11.6 Å². The van der Waals surface area contributed by atoms with Crippen LogP contribution in [0.15, 0.2) is 23.6 Å². The number of rotatable bonds is 11. The molecule has 0 fully saturated rings. The zero-order valence-corrected chi connectivity index (χ0v) is 22.2. The van der Waals surface area contributed by atoms with Gasteiger partial charge in [-0.3, -0.25) is 0 Å². The minimum Gasteiger partial charge on any atom is -0.394 e. The number of fused-ring (bicyclic) bond motifs is 2. The Morgan fingerprint density at radius 3 is 2.11 bits per heavy atom. The Hall–Kier alpha value is -3.42. The van der Waals surface area contributed by atoms with Crippen LogP contribution in [0.3, 0.4) is 0 Å². The number of aromatic nitrogens is 4. The van der Waals surface area contributed by atoms with Crippen molar-refractivity contribution in [3.8, 4) is 0 Å². The van der Waals surface area contributed by atoms with Crippen molar-refractivity contribution >= 4 is 56.0 Å². The lowest BCUT2D eigenvalue weighted by Crippen LogP contribution is -2.24. The van der Waals surface area contributed by atoms with Crippen LogP contribution < -0.4 is 22.1 Å². The van der Waals surface area contributed by atoms with Crippen molar-refractivity contribution in [3.63, 3.8) is 0 Å². The number of hydrogen-bond acceptors (Lipinski definition) is 11. The maximum atomic E-state index is 13.4. The van der Waals surface area contributed by atoms with Gasteiger partial charge in [0.25, 0.3) is 0 Å². The lowest BCUT2D eigenvalue weighted by molar-refractivity contribution is 0.267. The molecule has 0 aliphatic rings. The summed E-state index contributed by atoms with van der Waals surface area (Å²) in [7, 11) is 0. The number of unbranched alkanes of at least 4 members (excludes halogenated alkanes) is 1. The summed E-state index contributed by atoms with van der Waals surface area (Å²) in [4.78, 5) is 16.3. The molecular formula is C25H34F2N8O2S. The van der Waals surface area contributed by atoms with Crippen LogP contribution >= 0.6 is 11.3 Å². The van der Waals surface area contributed by atoms with Crippen LogP contribution in [0.1, 0.15) is 46.0 Å². The highest BCUT2D eigenvalue weighted by atomic mass is 32.1. The topological polar surface area (TPSA) is 168 Å². The van der Waals surface area contributed by atoms with Gasteiger partial charge in [-0.25, -0.2) is 18.7 Å². The van der Waals surface area contributed by atoms with Gasteiger partial charge >= 0.3 is 0 Å². The quantitative estimate of drug-likeness (QED) is 0.159. The Labute approximate surface area is 223 Å². The number of nitrogen functional groups attached to an aromatic ring is 2. The minimum absolute atomic E-state index is 0.0181. The fourth-order valence-electron chi connectivity index (χ4n) is 3.83. The number of nitrogens with two attached hydrogens (primary N) is 2. The molecule has 0 aliphatic heterocycles. The fraction of sp³-hybridized carbons (Fsp3) is 0.440. The van der Waals surface area contributed by atoms with Crippen molar-refractivity contribution in [2.75, 3.05) is 35.3 Å². The summed E-state index contributed by atoms with van der Waals surface area (Å²) >= 11 is 1.57. The van der Waals surface area contributed by atoms with E-state index in [1.165, 1.54) is 0 Å². The zero-order chi connectivity index (χ0) is 27.7. The normalized spacial score (nSPS) is 12.7. The number of nitrogens with zero attached hydrogens (tertiary/aromatic N) is 4. The number of halogens is 2. The van der Waals surface area contributed by atoms with E-state index in [-0.39, 0.29) is 42.7 Å². The fourth-order valence-corrected chi connectivity index (χ4v) is 4.62. The summed E-state index contributed by atoms with van der Waals surface area (Å²) in [5.41, 5.74) is 12.3. The van der Waals surface area contributed by atoms with Crippen LogP contribution in [0.25, 0.3) is 21.1 Å². The molecule has 10 nitrogen and oxygen atoms in total. The van der Waals surface area contributed by atoms with Crippen molar-refractivity contribution in [2.45, 2.75) is 58.0 Å². The number of thiophene rings is 1. The summed E-state index contributed by atoms with van der Waals surface area (Å²) < 4.78 is 27.6. The van der Waals surface area contributed by atoms with Gasteiger partial charge in [0.1, 0.15) is 11.6 Å². The van der Waals surface area contributed by atoms with Crippen LogP contribution in [0.4, 0.5) is 32.3 Å². The molecule has 8 N–H and O–H groups in total. The van der Waals surface area contributed by atoms with E-state index in [0.29, 0.717) is 17.6 Å². The third kappa shape index (κ3) is 7.55. The average Bonchev–Trinajstić information content (AvgIpc) is 3.36. The van der Waals surface area contributed by atoms with Gasteiger partial charge in [0.05, 0.1) is 41.0 Å². The summed E-state index contributed by atoms with van der Waals surface area (Å²) in [6, 6.07) is 3.70. The lowest BCUT2D eigenvalue weighted by atomic mass is 10.1. The largest absolute Gasteiger partial charge is 0.394 e. The molecule has 0 saturated carbocycles. The van der Waals surface area contributed by atoms with Crippen LogP contribution in [-0.4, -0.2) is 55.4 Å². The standard InChI is InChI=1S/C13H16F2N4O.C12H18N4OS/c1-2-3-7(6-20)17-12-8-4-9(14)10(15)5-11(8)18-13(16)19-12;1-2-3-4-8(7-17)14-11-10-9(5-6-18-10)15-12(13)16-11/h4-5,7,20H,2-3,6H2,1H3,(H3,16,17,18,19);5-6,8,17H,2-4,7H2,1H3,(H3,13,14,15,16)/t7-;8-/m01/s1. The van der Waals surface area contributed by atoms with E-state index in [1.807, 2.05) is 18.4 Å². The Morgan fingerprint density at radius 1 is 0.842 bits per heavy atom. The highest BCUT2D eigenvalue weighted by Gasteiger charge is 2.15. The Bertz CT molecular complexity index is 1340. The molecule has 0 bridgehead atoms. The molecule has 206 valence electrons. The van der Waals surface area contributed by atoms with E-state index < -0.39 is 11.6 Å². The SMILES string of the molecule is CCCC[C@H](CO)Nc1nc(N)nc2ccsc12.CCC[C@@H](CO)Nc1nc(N)nc2cc(F)c(F)cc12. The molecule has 0 aliphatic carbocycles. The second kappa shape index (κ2) is 13.9. The first-order valence-electron chi connectivity index (χ1n) is 12.5. The summed E-state index contributed by atoms with van der Waals surface area (Å²) in [5, 5.41) is 27.2. The maximum absolute atomic E-state index is 13.4. The van der Waals surface area contributed by atoms with Gasteiger partial charge in [-0.1, -0.05) is 33.1 Å². The van der Waals surface area contributed by atoms with Crippen LogP contribution in [0.2, 0.25) is 0 Å². The Morgan fingerprint density at radius 2 is 1.45 bits per heavy atom. The van der Waals surface area contributed by atoms with E-state index in [9.17, 15) is 19.0 Å². The number of nitrogens with one attached hydrogen (secondary N) is 2. The van der Waals surface area contributed by atoms with Gasteiger partial charge in [-0.05, 0) is 30.4 Å². The summed E-state index contributed by atoms with van der Waals surface area (Å²) in [6.45, 7) is 4.11. The highest BCUT2D eigenvalue weighted by Crippen LogP contribution is 2.28. The number of aliphatic hydroxyl groups excluding tert-OH is 2. The van der Waals surface area contributed by atoms with Gasteiger partial charge in [0.2, 0.25) is 11.9 Å². The molecule has 1 aromatic carbocycles. The van der Waals surface area contributed by atoms with E-state index in [1.54, 1.807) is 11.3 Å². The van der Waals surface area contributed by atoms with Crippen LogP contribution in [0.5, 0.6) is 0 Å². The molecule has 0 radical (unpaired) electrons. The first kappa shape index (κ1) is 29.1. The Kier molecular flexibility index (Phi) is 10.7. The van der Waals surface area contributed by atoms with Gasteiger partial charge < -0.3 is 32.3 Å². The number of aliphatic hydroxyl groups is 2. The predicted octanol–water partition coefficient (Wildman–Crippen LogP) is 4.30. The van der Waals surface area contributed by atoms with E-state index >= 15 is 0 Å². The molecule has 4 rings (SSSR count). The van der Waals surface area contributed by atoms with E-state index in [0.717, 1.165) is 53.9 Å². The van der Waals surface area contributed by atoms with Crippen molar-refractivity contribution in [3.05, 3.63) is 35.2 Å². The smallest absolute Gasteiger partial charge is 0.222 e. The van der Waals surface area contributed by atoms with Gasteiger partial charge in [0.15, 0.2) is 11.6 Å². The highest BCUT2D eigenvalue weighted by molar-refractivity contribution is 7.17. The zero-order valence-electron chi connectivity index (χ0n) is 21.4. The van der Waals surface area contributed by atoms with Gasteiger partial charge in [0, 0.05) is 11.5 Å². The molecule has 0 saturated heterocycles. The molecule has 2 atom stereocenters. The monoisotopic (exact) mass is 548 g/mol. The third-order valence-electron chi connectivity index (χ3n) is 5.74. The van der Waals surface area contributed by atoms with Crippen molar-refractivity contribution < 1.29 is 19.0 Å². The molecule has 0 unspecified atom stereocenters. The number of hydrogen-bond donors (Lipinski definition) is 6. The molecule has 0 spiro atoms. The predicted molar refractivity (Wildman–Crippen MR) is 149 cm³/mol. The summed E-state index contributed by atoms with van der Waals surface area (Å²) in [5.74, 6) is -0.741. The van der Waals surface area contributed by atoms with Crippen molar-refractivity contribution in [2.24, 2.45) is 0 Å². The second-order valence-electron chi connectivity index (χ2n) is 8.76. The first-order chi connectivity index (χ1) is 18.3. The van der Waals surface area contributed by atoms with Crippen molar-refractivity contribution in [1.29, 1.82) is 0 Å². The minimum atomic E-state index is -0.992. The molecule has 3 heterocycles. The van der Waals surface area contributed by atoms with Crippen LogP contribution in [-0.2, 0) is 0 Å². The number of anilines is 4. The summed E-state index contributed by atoms with van der Waals surface area (Å²) in [6.07, 6.45) is 4.68. The second-order valence-corrected chi connectivity index (χ2v) is 9.67. The average molecular weight is 549 g/mol. The van der Waals surface area contributed by atoms with Gasteiger partial charge in [-0.15, -0.1) is 11.3 Å². The molecule has 0 amide bonds. The molecule has 13 heteroatoms. The van der Waals surface area contributed by atoms with Crippen molar-refractivity contribution in [1.82, 2.24) is 19.9 Å². The number of benzene rings is 1.